The zero-order valence-corrected chi connectivity index (χ0v) is 17.3. The molecule has 1 aromatic heterocycles. The van der Waals surface area contributed by atoms with E-state index in [1.165, 1.54) is 12.1 Å². The van der Waals surface area contributed by atoms with Crippen LogP contribution in [-0.4, -0.2) is 32.3 Å². The number of aryl methyl sites for hydroxylation is 1. The van der Waals surface area contributed by atoms with Gasteiger partial charge in [-0.05, 0) is 67.6 Å². The van der Waals surface area contributed by atoms with E-state index in [9.17, 15) is 19.5 Å². The van der Waals surface area contributed by atoms with Crippen LogP contribution in [0.3, 0.4) is 0 Å². The van der Waals surface area contributed by atoms with Crippen molar-refractivity contribution < 1.29 is 24.5 Å². The maximum atomic E-state index is 11.6. The van der Waals surface area contributed by atoms with Crippen molar-refractivity contribution in [2.24, 2.45) is 0 Å². The number of nitrogens with zero attached hydrogens (tertiary/aromatic N) is 1. The highest BCUT2D eigenvalue weighted by atomic mass is 16.5. The number of phenols is 1. The first kappa shape index (κ1) is 21.1. The fourth-order valence-corrected chi connectivity index (χ4v) is 3.88. The Bertz CT molecular complexity index is 1260. The molecule has 0 bridgehead atoms. The van der Waals surface area contributed by atoms with Crippen LogP contribution in [0.15, 0.2) is 41.2 Å². The first-order chi connectivity index (χ1) is 15.3. The third kappa shape index (κ3) is 4.31. The molecule has 0 fully saturated rings. The zero-order valence-electron chi connectivity index (χ0n) is 17.3. The van der Waals surface area contributed by atoms with Gasteiger partial charge in [-0.15, -0.1) is 0 Å². The second kappa shape index (κ2) is 8.54. The zero-order chi connectivity index (χ0) is 22.8. The number of fused-ring (bicyclic) bond motifs is 1. The van der Waals surface area contributed by atoms with Crippen LogP contribution >= 0.6 is 0 Å². The Morgan fingerprint density at radius 2 is 1.94 bits per heavy atom. The van der Waals surface area contributed by atoms with Gasteiger partial charge in [-0.1, -0.05) is 0 Å². The normalized spacial score (nSPS) is 12.3. The third-order valence-electron chi connectivity index (χ3n) is 5.36. The van der Waals surface area contributed by atoms with Gasteiger partial charge in [-0.25, -0.2) is 9.89 Å². The summed E-state index contributed by atoms with van der Waals surface area (Å²) >= 11 is 0. The molecule has 1 heterocycles. The van der Waals surface area contributed by atoms with E-state index in [1.807, 2.05) is 6.92 Å². The molecule has 0 spiro atoms. The summed E-state index contributed by atoms with van der Waals surface area (Å²) < 4.78 is 6.19. The van der Waals surface area contributed by atoms with Crippen LogP contribution < -0.4 is 15.6 Å². The van der Waals surface area contributed by atoms with Gasteiger partial charge in [0.25, 0.3) is 5.56 Å². The maximum Gasteiger partial charge on any atom is 0.394 e. The molecule has 9 heteroatoms. The molecule has 3 aromatic rings. The number of phenolic OH excluding ortho intramolecular Hbond substituents is 1. The van der Waals surface area contributed by atoms with Crippen molar-refractivity contribution in [3.63, 3.8) is 0 Å². The number of carboxylic acids is 1. The molecule has 9 nitrogen and oxygen atoms in total. The minimum Gasteiger partial charge on any atom is -0.508 e. The molecule has 0 saturated heterocycles. The lowest BCUT2D eigenvalue weighted by Crippen LogP contribution is -2.22. The standard InChI is InChI=1S/C23H21N3O6/c1-12-9-18(24-22(29)23(30)31)16-3-2-4-17(16)21(12)32-15-6-7-19(27)13(11-15)10-14-5-8-20(28)26-25-14/h5-9,11,27H,2-4,10H2,1H3,(H,24,29)(H,26,28)(H,30,31). The number of rotatable bonds is 5. The van der Waals surface area contributed by atoms with E-state index in [1.54, 1.807) is 24.3 Å². The van der Waals surface area contributed by atoms with Gasteiger partial charge in [0.05, 0.1) is 5.69 Å². The Morgan fingerprint density at radius 3 is 2.66 bits per heavy atom. The second-order valence-corrected chi connectivity index (χ2v) is 7.62. The van der Waals surface area contributed by atoms with E-state index in [0.29, 0.717) is 41.3 Å². The number of aromatic hydroxyl groups is 1. The number of benzene rings is 2. The van der Waals surface area contributed by atoms with Crippen LogP contribution in [0.2, 0.25) is 0 Å². The molecule has 0 radical (unpaired) electrons. The summed E-state index contributed by atoms with van der Waals surface area (Å²) in [6.45, 7) is 1.83. The predicted octanol–water partition coefficient (Wildman–Crippen LogP) is 2.68. The van der Waals surface area contributed by atoms with Crippen molar-refractivity contribution in [3.8, 4) is 17.2 Å². The number of aliphatic carboxylic acids is 1. The molecule has 0 saturated carbocycles. The average Bonchev–Trinajstić information content (AvgIpc) is 3.24. The van der Waals surface area contributed by atoms with Crippen LogP contribution in [0.25, 0.3) is 0 Å². The number of carbonyl (C=O) groups is 2. The van der Waals surface area contributed by atoms with Crippen LogP contribution in [0.1, 0.15) is 34.4 Å². The van der Waals surface area contributed by atoms with E-state index >= 15 is 0 Å². The number of carbonyl (C=O) groups excluding carboxylic acids is 1. The van der Waals surface area contributed by atoms with Gasteiger partial charge in [0.15, 0.2) is 0 Å². The number of aromatic nitrogens is 2. The number of amides is 1. The van der Waals surface area contributed by atoms with Crippen LogP contribution in [0.5, 0.6) is 17.2 Å². The van der Waals surface area contributed by atoms with Gasteiger partial charge in [-0.2, -0.15) is 5.10 Å². The van der Waals surface area contributed by atoms with Crippen LogP contribution in [-0.2, 0) is 28.9 Å². The Balaban J connectivity index is 1.64. The molecule has 32 heavy (non-hydrogen) atoms. The smallest absolute Gasteiger partial charge is 0.394 e. The summed E-state index contributed by atoms with van der Waals surface area (Å²) in [5.41, 5.74) is 3.92. The molecule has 4 rings (SSSR count). The van der Waals surface area contributed by atoms with E-state index in [2.05, 4.69) is 15.5 Å². The minimum atomic E-state index is -1.54. The summed E-state index contributed by atoms with van der Waals surface area (Å²) in [6, 6.07) is 9.58. The van der Waals surface area contributed by atoms with Crippen LogP contribution in [0, 0.1) is 6.92 Å². The number of H-pyrrole nitrogens is 1. The lowest BCUT2D eigenvalue weighted by Gasteiger charge is -2.18. The van der Waals surface area contributed by atoms with Gasteiger partial charge in [0, 0.05) is 29.3 Å². The number of aromatic amines is 1. The van der Waals surface area contributed by atoms with Crippen molar-refractivity contribution >= 4 is 17.6 Å². The van der Waals surface area contributed by atoms with Crippen molar-refractivity contribution in [2.75, 3.05) is 5.32 Å². The molecule has 4 N–H and O–H groups in total. The summed E-state index contributed by atoms with van der Waals surface area (Å²) in [5, 5.41) is 27.9. The third-order valence-corrected chi connectivity index (χ3v) is 5.36. The topological polar surface area (TPSA) is 142 Å². The molecule has 1 aliphatic carbocycles. The number of hydrogen-bond donors (Lipinski definition) is 4. The largest absolute Gasteiger partial charge is 0.508 e. The van der Waals surface area contributed by atoms with E-state index in [4.69, 9.17) is 9.84 Å². The molecule has 0 unspecified atom stereocenters. The second-order valence-electron chi connectivity index (χ2n) is 7.62. The van der Waals surface area contributed by atoms with E-state index in [-0.39, 0.29) is 11.3 Å². The SMILES string of the molecule is Cc1cc(NC(=O)C(=O)O)c2c(c1Oc1ccc(O)c(Cc3ccc(=O)[nH]n3)c1)CCC2. The number of ether oxygens (including phenoxy) is 1. The molecule has 1 aliphatic rings. The quantitative estimate of drug-likeness (QED) is 0.451. The van der Waals surface area contributed by atoms with Gasteiger partial charge in [-0.3, -0.25) is 9.59 Å². The van der Waals surface area contributed by atoms with E-state index in [0.717, 1.165) is 29.5 Å². The highest BCUT2D eigenvalue weighted by Crippen LogP contribution is 2.41. The van der Waals surface area contributed by atoms with Gasteiger partial charge >= 0.3 is 11.9 Å². The first-order valence-electron chi connectivity index (χ1n) is 10.1. The maximum absolute atomic E-state index is 11.6. The molecule has 0 atom stereocenters. The van der Waals surface area contributed by atoms with Gasteiger partial charge in [0.1, 0.15) is 17.2 Å². The lowest BCUT2D eigenvalue weighted by atomic mass is 10.0. The molecular formula is C23H21N3O6. The average molecular weight is 435 g/mol. The summed E-state index contributed by atoms with van der Waals surface area (Å²) in [7, 11) is 0. The predicted molar refractivity (Wildman–Crippen MR) is 115 cm³/mol. The fraction of sp³-hybridized carbons (Fsp3) is 0.217. The monoisotopic (exact) mass is 435 g/mol. The van der Waals surface area contributed by atoms with E-state index < -0.39 is 11.9 Å². The number of carboxylic acid groups (broad SMARTS) is 1. The molecule has 1 amide bonds. The molecule has 164 valence electrons. The number of anilines is 1. The van der Waals surface area contributed by atoms with Gasteiger partial charge < -0.3 is 20.3 Å². The number of nitrogens with one attached hydrogen (secondary N) is 2. The first-order valence-corrected chi connectivity index (χ1v) is 10.1. The number of hydrogen-bond acceptors (Lipinski definition) is 6. The lowest BCUT2D eigenvalue weighted by molar-refractivity contribution is -0.147. The van der Waals surface area contributed by atoms with Crippen molar-refractivity contribution in [1.82, 2.24) is 10.2 Å². The Labute approximate surface area is 182 Å². The van der Waals surface area contributed by atoms with Crippen molar-refractivity contribution in [2.45, 2.75) is 32.6 Å². The van der Waals surface area contributed by atoms with Crippen LogP contribution in [0.4, 0.5) is 5.69 Å². The van der Waals surface area contributed by atoms with Crippen molar-refractivity contribution in [3.05, 3.63) is 74.7 Å². The molecule has 2 aromatic carbocycles. The molecule has 0 aliphatic heterocycles. The molecular weight excluding hydrogens is 414 g/mol. The Morgan fingerprint density at radius 1 is 1.16 bits per heavy atom. The minimum absolute atomic E-state index is 0.0824. The highest BCUT2D eigenvalue weighted by Gasteiger charge is 2.24. The fourth-order valence-electron chi connectivity index (χ4n) is 3.88. The summed E-state index contributed by atoms with van der Waals surface area (Å²) in [5.74, 6) is -1.36. The Kier molecular flexibility index (Phi) is 5.63. The summed E-state index contributed by atoms with van der Waals surface area (Å²) in [6.07, 6.45) is 2.62. The van der Waals surface area contributed by atoms with Crippen molar-refractivity contribution in [1.29, 1.82) is 0 Å². The van der Waals surface area contributed by atoms with Gasteiger partial charge in [0.2, 0.25) is 0 Å². The summed E-state index contributed by atoms with van der Waals surface area (Å²) in [4.78, 5) is 33.8. The Hall–Kier alpha value is -4.14. The highest BCUT2D eigenvalue weighted by molar-refractivity contribution is 6.36.